The second kappa shape index (κ2) is 4.18. The Morgan fingerprint density at radius 2 is 1.89 bits per heavy atom. The summed E-state index contributed by atoms with van der Waals surface area (Å²) < 4.78 is 28.2. The topological polar surface area (TPSA) is 86.2 Å². The number of aromatic nitrogens is 1. The van der Waals surface area contributed by atoms with Crippen molar-refractivity contribution < 1.29 is 12.9 Å². The fraction of sp³-hybridized carbons (Fsp3) is 0. The molecule has 0 spiro atoms. The Morgan fingerprint density at radius 3 is 2.68 bits per heavy atom. The Hall–Kier alpha value is -2.18. The predicted octanol–water partition coefficient (Wildman–Crippen LogP) is 2.14. The van der Waals surface area contributed by atoms with E-state index in [-0.39, 0.29) is 4.90 Å². The van der Waals surface area contributed by atoms with Crippen LogP contribution in [0.4, 0.5) is 0 Å². The van der Waals surface area contributed by atoms with Crippen LogP contribution >= 0.6 is 0 Å². The van der Waals surface area contributed by atoms with Gasteiger partial charge in [0.2, 0.25) is 10.0 Å². The van der Waals surface area contributed by atoms with Gasteiger partial charge in [-0.15, -0.1) is 0 Å². The van der Waals surface area contributed by atoms with E-state index >= 15 is 0 Å². The smallest absolute Gasteiger partial charge is 0.238 e. The second-order valence-corrected chi connectivity index (χ2v) is 5.65. The van der Waals surface area contributed by atoms with Crippen LogP contribution in [0.2, 0.25) is 0 Å². The first-order chi connectivity index (χ1) is 9.05. The van der Waals surface area contributed by atoms with E-state index in [9.17, 15) is 8.42 Å². The van der Waals surface area contributed by atoms with E-state index in [2.05, 4.69) is 5.16 Å². The Labute approximate surface area is 109 Å². The van der Waals surface area contributed by atoms with Gasteiger partial charge in [0, 0.05) is 10.9 Å². The maximum absolute atomic E-state index is 11.6. The Bertz CT molecular complexity index is 853. The molecular formula is C13H10N2O3S. The molecule has 2 aromatic carbocycles. The molecule has 0 amide bonds. The van der Waals surface area contributed by atoms with Crippen LogP contribution in [0.5, 0.6) is 0 Å². The lowest BCUT2D eigenvalue weighted by molar-refractivity contribution is 0.456. The van der Waals surface area contributed by atoms with Crippen molar-refractivity contribution in [2.24, 2.45) is 5.14 Å². The Balaban J connectivity index is 2.27. The van der Waals surface area contributed by atoms with Crippen LogP contribution in [0.1, 0.15) is 0 Å². The SMILES string of the molecule is NS(=O)(=O)c1ccccc1-c1ccc2oncc2c1. The highest BCUT2D eigenvalue weighted by Gasteiger charge is 2.14. The molecule has 0 aliphatic carbocycles. The molecule has 5 nitrogen and oxygen atoms in total. The van der Waals surface area contributed by atoms with Crippen LogP contribution in [-0.4, -0.2) is 13.6 Å². The molecule has 3 aromatic rings. The lowest BCUT2D eigenvalue weighted by atomic mass is 10.0. The van der Waals surface area contributed by atoms with Crippen molar-refractivity contribution in [2.75, 3.05) is 0 Å². The van der Waals surface area contributed by atoms with E-state index in [1.807, 2.05) is 6.07 Å². The van der Waals surface area contributed by atoms with Gasteiger partial charge in [0.25, 0.3) is 0 Å². The number of hydrogen-bond donors (Lipinski definition) is 1. The second-order valence-electron chi connectivity index (χ2n) is 4.12. The van der Waals surface area contributed by atoms with E-state index in [0.717, 1.165) is 10.9 Å². The summed E-state index contributed by atoms with van der Waals surface area (Å²) in [6, 6.07) is 11.9. The molecule has 0 aliphatic heterocycles. The zero-order chi connectivity index (χ0) is 13.5. The van der Waals surface area contributed by atoms with Crippen molar-refractivity contribution in [1.82, 2.24) is 5.16 Å². The summed E-state index contributed by atoms with van der Waals surface area (Å²) in [6.45, 7) is 0. The Morgan fingerprint density at radius 1 is 1.11 bits per heavy atom. The molecule has 0 unspecified atom stereocenters. The quantitative estimate of drug-likeness (QED) is 0.775. The van der Waals surface area contributed by atoms with Crippen LogP contribution in [0.15, 0.2) is 58.1 Å². The van der Waals surface area contributed by atoms with Gasteiger partial charge in [-0.3, -0.25) is 0 Å². The average molecular weight is 274 g/mol. The minimum Gasteiger partial charge on any atom is -0.356 e. The van der Waals surface area contributed by atoms with Gasteiger partial charge in [0.15, 0.2) is 5.58 Å². The number of nitrogens with two attached hydrogens (primary N) is 1. The van der Waals surface area contributed by atoms with Crippen LogP contribution in [0.3, 0.4) is 0 Å². The van der Waals surface area contributed by atoms with Crippen molar-refractivity contribution in [3.8, 4) is 11.1 Å². The minimum atomic E-state index is -3.76. The molecule has 0 saturated carbocycles. The van der Waals surface area contributed by atoms with Crippen molar-refractivity contribution in [3.05, 3.63) is 48.7 Å². The molecule has 0 bridgehead atoms. The monoisotopic (exact) mass is 274 g/mol. The summed E-state index contributed by atoms with van der Waals surface area (Å²) in [7, 11) is -3.76. The van der Waals surface area contributed by atoms with Crippen LogP contribution in [0, 0.1) is 0 Å². The molecule has 1 aromatic heterocycles. The van der Waals surface area contributed by atoms with Crippen molar-refractivity contribution in [2.45, 2.75) is 4.90 Å². The molecule has 1 heterocycles. The Kier molecular flexibility index (Phi) is 2.62. The summed E-state index contributed by atoms with van der Waals surface area (Å²) >= 11 is 0. The van der Waals surface area contributed by atoms with Gasteiger partial charge < -0.3 is 4.52 Å². The average Bonchev–Trinajstić information content (AvgIpc) is 2.85. The first kappa shape index (κ1) is 11.9. The minimum absolute atomic E-state index is 0.103. The molecule has 96 valence electrons. The van der Waals surface area contributed by atoms with Gasteiger partial charge in [0.1, 0.15) is 0 Å². The standard InChI is InChI=1S/C13H10N2O3S/c14-19(16,17)13-4-2-1-3-11(13)9-5-6-12-10(7-9)8-15-18-12/h1-8H,(H2,14,16,17). The van der Waals surface area contributed by atoms with E-state index in [0.29, 0.717) is 11.1 Å². The predicted molar refractivity (Wildman–Crippen MR) is 70.8 cm³/mol. The highest BCUT2D eigenvalue weighted by molar-refractivity contribution is 7.89. The molecule has 19 heavy (non-hydrogen) atoms. The van der Waals surface area contributed by atoms with E-state index in [4.69, 9.17) is 9.66 Å². The molecule has 0 fully saturated rings. The number of rotatable bonds is 2. The highest BCUT2D eigenvalue weighted by Crippen LogP contribution is 2.29. The zero-order valence-corrected chi connectivity index (χ0v) is 10.6. The first-order valence-corrected chi connectivity index (χ1v) is 7.07. The number of sulfonamides is 1. The highest BCUT2D eigenvalue weighted by atomic mass is 32.2. The number of benzene rings is 2. The number of primary sulfonamides is 1. The molecular weight excluding hydrogens is 264 g/mol. The van der Waals surface area contributed by atoms with Gasteiger partial charge in [-0.25, -0.2) is 13.6 Å². The first-order valence-electron chi connectivity index (χ1n) is 5.52. The third-order valence-corrected chi connectivity index (χ3v) is 3.83. The normalized spacial score (nSPS) is 11.8. The van der Waals surface area contributed by atoms with E-state index in [1.165, 1.54) is 6.07 Å². The van der Waals surface area contributed by atoms with Gasteiger partial charge in [-0.2, -0.15) is 0 Å². The molecule has 0 aliphatic rings. The van der Waals surface area contributed by atoms with Crippen molar-refractivity contribution in [1.29, 1.82) is 0 Å². The molecule has 0 radical (unpaired) electrons. The molecule has 0 saturated heterocycles. The third kappa shape index (κ3) is 2.11. The van der Waals surface area contributed by atoms with Crippen molar-refractivity contribution >= 4 is 21.0 Å². The fourth-order valence-electron chi connectivity index (χ4n) is 1.99. The van der Waals surface area contributed by atoms with Gasteiger partial charge in [0.05, 0.1) is 11.1 Å². The van der Waals surface area contributed by atoms with Gasteiger partial charge >= 0.3 is 0 Å². The van der Waals surface area contributed by atoms with Crippen LogP contribution < -0.4 is 5.14 Å². The lowest BCUT2D eigenvalue weighted by Crippen LogP contribution is -2.13. The summed E-state index contributed by atoms with van der Waals surface area (Å²) in [5.74, 6) is 0. The maximum atomic E-state index is 11.6. The third-order valence-electron chi connectivity index (χ3n) is 2.86. The largest absolute Gasteiger partial charge is 0.356 e. The zero-order valence-electron chi connectivity index (χ0n) is 9.78. The summed E-state index contributed by atoms with van der Waals surface area (Å²) in [4.78, 5) is 0.103. The number of nitrogens with zero attached hydrogens (tertiary/aromatic N) is 1. The van der Waals surface area contributed by atoms with E-state index < -0.39 is 10.0 Å². The molecule has 6 heteroatoms. The van der Waals surface area contributed by atoms with Crippen molar-refractivity contribution in [3.63, 3.8) is 0 Å². The van der Waals surface area contributed by atoms with Gasteiger partial charge in [-0.05, 0) is 23.8 Å². The van der Waals surface area contributed by atoms with Crippen LogP contribution in [0.25, 0.3) is 22.1 Å². The number of hydrogen-bond acceptors (Lipinski definition) is 4. The lowest BCUT2D eigenvalue weighted by Gasteiger charge is -2.07. The summed E-state index contributed by atoms with van der Waals surface area (Å²) in [5.41, 5.74) is 1.96. The molecule has 0 atom stereocenters. The summed E-state index contributed by atoms with van der Waals surface area (Å²) in [5, 5.41) is 9.73. The molecule has 2 N–H and O–H groups in total. The number of fused-ring (bicyclic) bond motifs is 1. The van der Waals surface area contributed by atoms with E-state index in [1.54, 1.807) is 36.5 Å². The maximum Gasteiger partial charge on any atom is 0.238 e. The molecule has 3 rings (SSSR count). The van der Waals surface area contributed by atoms with Crippen LogP contribution in [-0.2, 0) is 10.0 Å². The summed E-state index contributed by atoms with van der Waals surface area (Å²) in [6.07, 6.45) is 1.58. The van der Waals surface area contributed by atoms with Gasteiger partial charge in [-0.1, -0.05) is 29.4 Å². The fourth-order valence-corrected chi connectivity index (χ4v) is 2.75.